The van der Waals surface area contributed by atoms with Crippen LogP contribution in [-0.2, 0) is 6.42 Å². The van der Waals surface area contributed by atoms with Gasteiger partial charge in [-0.25, -0.2) is 0 Å². The molecule has 0 bridgehead atoms. The average Bonchev–Trinajstić information content (AvgIpc) is 2.98. The number of H-pyrrole nitrogens is 1. The number of hydrogen-bond acceptors (Lipinski definition) is 3. The number of benzene rings is 6. The number of hydrogen-bond donors (Lipinski definition) is 2. The first-order valence-electron chi connectivity index (χ1n) is 14.1. The zero-order chi connectivity index (χ0) is 27.2. The molecule has 6 aromatic carbocycles. The fourth-order valence-corrected chi connectivity index (χ4v) is 7.16. The van der Waals surface area contributed by atoms with E-state index in [-0.39, 0.29) is 0 Å². The van der Waals surface area contributed by atoms with Gasteiger partial charge in [0, 0.05) is 18.0 Å². The first-order valence-corrected chi connectivity index (χ1v) is 15.9. The summed E-state index contributed by atoms with van der Waals surface area (Å²) in [5.74, 6) is 1.19. The molecule has 0 spiro atoms. The Balaban J connectivity index is 1.37. The second-order valence-corrected chi connectivity index (χ2v) is 12.5. The van der Waals surface area contributed by atoms with Crippen molar-refractivity contribution in [3.63, 3.8) is 0 Å². The van der Waals surface area contributed by atoms with Gasteiger partial charge in [0.25, 0.3) is 0 Å². The standard InChI is InChI=1S/C37H28N2S2/c1-2-6-25(7-3-1)29-18-19-33-34(21-29)37(27-12-10-24(11-13-27)20-30-23-40-39-30)32-9-5-4-8-31(32)36(33)28-16-14-26(15-17-28)35-22-38-41-35/h1-19,21-22,30,38-39H,20,23H2. The Morgan fingerprint density at radius 2 is 1.12 bits per heavy atom. The molecule has 41 heavy (non-hydrogen) atoms. The van der Waals surface area contributed by atoms with Gasteiger partial charge in [0.1, 0.15) is 0 Å². The maximum Gasteiger partial charge on any atom is 0.0682 e. The van der Waals surface area contributed by atoms with Crippen LogP contribution in [0.2, 0.25) is 0 Å². The number of nitrogens with one attached hydrogen (secondary N) is 2. The van der Waals surface area contributed by atoms with Crippen molar-refractivity contribution in [1.29, 1.82) is 0 Å². The highest BCUT2D eigenvalue weighted by molar-refractivity contribution is 7.98. The van der Waals surface area contributed by atoms with Crippen LogP contribution >= 0.6 is 23.5 Å². The van der Waals surface area contributed by atoms with E-state index in [1.54, 1.807) is 11.5 Å². The van der Waals surface area contributed by atoms with Crippen molar-refractivity contribution in [3.8, 4) is 43.8 Å². The fourth-order valence-electron chi connectivity index (χ4n) is 6.07. The van der Waals surface area contributed by atoms with Crippen molar-refractivity contribution in [2.24, 2.45) is 0 Å². The van der Waals surface area contributed by atoms with E-state index in [0.29, 0.717) is 6.04 Å². The number of fused-ring (bicyclic) bond motifs is 2. The molecule has 0 amide bonds. The van der Waals surface area contributed by atoms with Crippen LogP contribution in [0.4, 0.5) is 0 Å². The Bertz CT molecular complexity index is 1970. The van der Waals surface area contributed by atoms with Crippen molar-refractivity contribution in [1.82, 2.24) is 9.10 Å². The van der Waals surface area contributed by atoms with Gasteiger partial charge < -0.3 is 4.37 Å². The van der Waals surface area contributed by atoms with Crippen LogP contribution in [0, 0.1) is 0 Å². The fraction of sp³-hybridized carbons (Fsp3) is 0.0811. The average molecular weight is 565 g/mol. The van der Waals surface area contributed by atoms with Gasteiger partial charge in [0.05, 0.1) is 4.88 Å². The van der Waals surface area contributed by atoms with Crippen LogP contribution in [0.1, 0.15) is 5.56 Å². The van der Waals surface area contributed by atoms with Crippen LogP contribution in [0.3, 0.4) is 0 Å². The quantitative estimate of drug-likeness (QED) is 0.155. The molecule has 1 fully saturated rings. The van der Waals surface area contributed by atoms with Gasteiger partial charge in [-0.3, -0.25) is 4.72 Å². The number of aromatic amines is 1. The molecule has 1 saturated heterocycles. The summed E-state index contributed by atoms with van der Waals surface area (Å²) in [5.41, 5.74) is 10.2. The van der Waals surface area contributed by atoms with E-state index in [1.165, 1.54) is 76.7 Å². The van der Waals surface area contributed by atoms with Crippen molar-refractivity contribution < 1.29 is 0 Å². The molecule has 4 heteroatoms. The lowest BCUT2D eigenvalue weighted by atomic mass is 9.84. The molecule has 2 nitrogen and oxygen atoms in total. The van der Waals surface area contributed by atoms with Crippen LogP contribution in [0.5, 0.6) is 0 Å². The molecule has 1 unspecified atom stereocenters. The largest absolute Gasteiger partial charge is 0.316 e. The predicted molar refractivity (Wildman–Crippen MR) is 179 cm³/mol. The molecule has 2 N–H and O–H groups in total. The molecule has 0 aliphatic carbocycles. The molecule has 198 valence electrons. The molecule has 1 atom stereocenters. The second-order valence-electron chi connectivity index (χ2n) is 10.8. The summed E-state index contributed by atoms with van der Waals surface area (Å²) in [6.07, 6.45) is 3.14. The highest BCUT2D eigenvalue weighted by Gasteiger charge is 2.20. The van der Waals surface area contributed by atoms with Crippen molar-refractivity contribution in [3.05, 3.63) is 133 Å². The summed E-state index contributed by atoms with van der Waals surface area (Å²) in [5, 5.41) is 5.14. The predicted octanol–water partition coefficient (Wildman–Crippen LogP) is 10.2. The van der Waals surface area contributed by atoms with Crippen LogP contribution in [0.25, 0.3) is 65.4 Å². The minimum atomic E-state index is 0.585. The second kappa shape index (κ2) is 10.4. The van der Waals surface area contributed by atoms with Crippen LogP contribution in [-0.4, -0.2) is 16.2 Å². The highest BCUT2D eigenvalue weighted by atomic mass is 32.2. The lowest BCUT2D eigenvalue weighted by molar-refractivity contribution is 0.657. The first kappa shape index (κ1) is 24.7. The third-order valence-corrected chi connectivity index (χ3v) is 10.1. The normalized spacial score (nSPS) is 14.9. The third-order valence-electron chi connectivity index (χ3n) is 8.21. The molecular weight excluding hydrogens is 537 g/mol. The molecule has 0 radical (unpaired) electrons. The molecule has 1 aliphatic heterocycles. The molecule has 1 aromatic heterocycles. The Hall–Kier alpha value is -4.09. The smallest absolute Gasteiger partial charge is 0.0682 e. The zero-order valence-electron chi connectivity index (χ0n) is 22.4. The summed E-state index contributed by atoms with van der Waals surface area (Å²) >= 11 is 3.50. The van der Waals surface area contributed by atoms with Gasteiger partial charge in [0.2, 0.25) is 0 Å². The minimum absolute atomic E-state index is 0.585. The molecule has 8 rings (SSSR count). The van der Waals surface area contributed by atoms with Crippen molar-refractivity contribution in [2.75, 3.05) is 5.75 Å². The van der Waals surface area contributed by atoms with Gasteiger partial charge in [0.15, 0.2) is 0 Å². The van der Waals surface area contributed by atoms with Crippen molar-refractivity contribution in [2.45, 2.75) is 12.5 Å². The maximum atomic E-state index is 3.46. The van der Waals surface area contributed by atoms with E-state index in [4.69, 9.17) is 0 Å². The molecule has 2 heterocycles. The van der Waals surface area contributed by atoms with Gasteiger partial charge in [-0.1, -0.05) is 139 Å². The van der Waals surface area contributed by atoms with Gasteiger partial charge in [-0.2, -0.15) is 0 Å². The maximum absolute atomic E-state index is 3.46. The lowest BCUT2D eigenvalue weighted by Gasteiger charge is -2.26. The molecular formula is C37H28N2S2. The molecule has 1 aliphatic rings. The first-order chi connectivity index (χ1) is 20.3. The summed E-state index contributed by atoms with van der Waals surface area (Å²) in [4.78, 5) is 1.28. The van der Waals surface area contributed by atoms with Crippen molar-refractivity contribution >= 4 is 45.0 Å². The van der Waals surface area contributed by atoms with E-state index in [2.05, 4.69) is 137 Å². The highest BCUT2D eigenvalue weighted by Crippen LogP contribution is 2.45. The summed E-state index contributed by atoms with van der Waals surface area (Å²) in [6, 6.07) is 45.6. The van der Waals surface area contributed by atoms with E-state index in [0.717, 1.165) is 6.42 Å². The van der Waals surface area contributed by atoms with Crippen LogP contribution in [0.15, 0.2) is 128 Å². The summed E-state index contributed by atoms with van der Waals surface area (Å²) in [7, 11) is 0. The molecule has 0 saturated carbocycles. The third kappa shape index (κ3) is 4.49. The Morgan fingerprint density at radius 3 is 1.73 bits per heavy atom. The summed E-state index contributed by atoms with van der Waals surface area (Å²) in [6.45, 7) is 0. The van der Waals surface area contributed by atoms with E-state index in [1.807, 2.05) is 11.9 Å². The SMILES string of the molecule is c1ccc(-c2ccc3c(-c4ccc(-c5c[nH]s5)cc4)c4ccccc4c(-c4ccc(CC5CSN5)cc4)c3c2)cc1. The Kier molecular flexibility index (Phi) is 6.25. The van der Waals surface area contributed by atoms with Gasteiger partial charge in [-0.15, -0.1) is 0 Å². The van der Waals surface area contributed by atoms with Crippen LogP contribution < -0.4 is 4.72 Å². The number of rotatable bonds is 6. The van der Waals surface area contributed by atoms with Gasteiger partial charge in [-0.05, 0) is 78.5 Å². The zero-order valence-corrected chi connectivity index (χ0v) is 24.1. The monoisotopic (exact) mass is 564 g/mol. The Morgan fingerprint density at radius 1 is 0.561 bits per heavy atom. The topological polar surface area (TPSA) is 27.8 Å². The summed E-state index contributed by atoms with van der Waals surface area (Å²) < 4.78 is 6.62. The molecule has 7 aromatic rings. The Labute approximate surface area is 248 Å². The van der Waals surface area contributed by atoms with Gasteiger partial charge >= 0.3 is 0 Å². The minimum Gasteiger partial charge on any atom is -0.316 e. The lowest BCUT2D eigenvalue weighted by Crippen LogP contribution is -2.38. The van der Waals surface area contributed by atoms with E-state index < -0.39 is 0 Å². The van der Waals surface area contributed by atoms with E-state index in [9.17, 15) is 0 Å². The number of aromatic nitrogens is 1. The van der Waals surface area contributed by atoms with E-state index >= 15 is 0 Å².